The number of halogens is 1. The van der Waals surface area contributed by atoms with E-state index in [2.05, 4.69) is 18.0 Å². The Morgan fingerprint density at radius 1 is 1.45 bits per heavy atom. The molecular weight excluding hydrogens is 298 g/mol. The lowest BCUT2D eigenvalue weighted by molar-refractivity contribution is -0.134. The molecule has 4 nitrogen and oxygen atoms in total. The number of H-pyrrole nitrogens is 1. The van der Waals surface area contributed by atoms with E-state index in [-0.39, 0.29) is 18.3 Å². The number of aromatic amines is 1. The smallest absolute Gasteiger partial charge is 0.239 e. The van der Waals surface area contributed by atoms with Crippen LogP contribution in [0.4, 0.5) is 0 Å². The molecule has 2 aromatic rings. The van der Waals surface area contributed by atoms with Crippen LogP contribution in [0.2, 0.25) is 0 Å². The SMILES string of the molecule is CC1CCCN(C(=O)[C@@H](N)Cc2c[nH]c3ccccc23)C1.Cl. The van der Waals surface area contributed by atoms with Crippen molar-refractivity contribution in [2.24, 2.45) is 11.7 Å². The standard InChI is InChI=1S/C17H23N3O.ClH/c1-12-5-4-8-20(11-12)17(21)15(18)9-13-10-19-16-7-3-2-6-14(13)16;/h2-3,6-7,10,12,15,19H,4-5,8-9,11,18H2,1H3;1H/t12?,15-;/m0./s1. The van der Waals surface area contributed by atoms with Crippen molar-refractivity contribution in [1.29, 1.82) is 0 Å². The number of hydrogen-bond donors (Lipinski definition) is 2. The number of para-hydroxylation sites is 1. The Balaban J connectivity index is 0.00000176. The van der Waals surface area contributed by atoms with Crippen molar-refractivity contribution in [3.63, 3.8) is 0 Å². The van der Waals surface area contributed by atoms with Crippen molar-refractivity contribution in [1.82, 2.24) is 9.88 Å². The predicted molar refractivity (Wildman–Crippen MR) is 92.2 cm³/mol. The first-order chi connectivity index (χ1) is 10.1. The van der Waals surface area contributed by atoms with Crippen LogP contribution in [0.1, 0.15) is 25.3 Å². The Kier molecular flexibility index (Phi) is 5.48. The molecule has 0 spiro atoms. The number of aromatic nitrogens is 1. The van der Waals surface area contributed by atoms with E-state index in [0.717, 1.165) is 36.0 Å². The van der Waals surface area contributed by atoms with Gasteiger partial charge in [-0.15, -0.1) is 12.4 Å². The third-order valence-electron chi connectivity index (χ3n) is 4.40. The molecule has 1 aromatic heterocycles. The molecule has 2 heterocycles. The van der Waals surface area contributed by atoms with Gasteiger partial charge in [-0.25, -0.2) is 0 Å². The minimum Gasteiger partial charge on any atom is -0.361 e. The number of hydrogen-bond acceptors (Lipinski definition) is 2. The molecule has 0 radical (unpaired) electrons. The lowest BCUT2D eigenvalue weighted by atomic mass is 9.98. The summed E-state index contributed by atoms with van der Waals surface area (Å²) in [5, 5.41) is 1.16. The molecule has 1 fully saturated rings. The van der Waals surface area contributed by atoms with Crippen LogP contribution in [0.3, 0.4) is 0 Å². The monoisotopic (exact) mass is 321 g/mol. The maximum absolute atomic E-state index is 12.5. The molecule has 5 heteroatoms. The van der Waals surface area contributed by atoms with Crippen LogP contribution in [0.25, 0.3) is 10.9 Å². The summed E-state index contributed by atoms with van der Waals surface area (Å²) in [6.07, 6.45) is 4.86. The van der Waals surface area contributed by atoms with Crippen molar-refractivity contribution in [3.05, 3.63) is 36.0 Å². The van der Waals surface area contributed by atoms with Gasteiger partial charge in [-0.2, -0.15) is 0 Å². The van der Waals surface area contributed by atoms with Gasteiger partial charge in [-0.1, -0.05) is 25.1 Å². The van der Waals surface area contributed by atoms with E-state index in [1.54, 1.807) is 0 Å². The quantitative estimate of drug-likeness (QED) is 0.913. The van der Waals surface area contributed by atoms with Crippen LogP contribution in [0.5, 0.6) is 0 Å². The summed E-state index contributed by atoms with van der Waals surface area (Å²) in [7, 11) is 0. The topological polar surface area (TPSA) is 62.1 Å². The first-order valence-electron chi connectivity index (χ1n) is 7.74. The maximum Gasteiger partial charge on any atom is 0.239 e. The van der Waals surface area contributed by atoms with Crippen LogP contribution < -0.4 is 5.73 Å². The molecular formula is C17H24ClN3O. The fourth-order valence-electron chi connectivity index (χ4n) is 3.25. The highest BCUT2D eigenvalue weighted by Gasteiger charge is 2.25. The minimum absolute atomic E-state index is 0. The average molecular weight is 322 g/mol. The molecule has 0 aliphatic carbocycles. The number of likely N-dealkylation sites (tertiary alicyclic amines) is 1. The summed E-state index contributed by atoms with van der Waals surface area (Å²) in [5.41, 5.74) is 8.39. The van der Waals surface area contributed by atoms with Crippen LogP contribution in [-0.2, 0) is 11.2 Å². The van der Waals surface area contributed by atoms with Crippen LogP contribution in [0, 0.1) is 5.92 Å². The number of carbonyl (C=O) groups excluding carboxylic acids is 1. The zero-order valence-electron chi connectivity index (χ0n) is 12.9. The van der Waals surface area contributed by atoms with Gasteiger partial charge in [0.25, 0.3) is 0 Å². The second kappa shape index (κ2) is 7.16. The Hall–Kier alpha value is -1.52. The van der Waals surface area contributed by atoms with E-state index in [1.165, 1.54) is 6.42 Å². The lowest BCUT2D eigenvalue weighted by Crippen LogP contribution is -2.48. The molecule has 0 bridgehead atoms. The summed E-state index contributed by atoms with van der Waals surface area (Å²) in [5.74, 6) is 0.676. The van der Waals surface area contributed by atoms with E-state index in [9.17, 15) is 4.79 Å². The van der Waals surface area contributed by atoms with Crippen LogP contribution >= 0.6 is 12.4 Å². The van der Waals surface area contributed by atoms with E-state index < -0.39 is 6.04 Å². The van der Waals surface area contributed by atoms with E-state index in [4.69, 9.17) is 5.73 Å². The van der Waals surface area contributed by atoms with Crippen molar-refractivity contribution in [2.75, 3.05) is 13.1 Å². The molecule has 1 aliphatic heterocycles. The van der Waals surface area contributed by atoms with Gasteiger partial charge in [0.05, 0.1) is 6.04 Å². The molecule has 1 aromatic carbocycles. The number of nitrogens with two attached hydrogens (primary N) is 1. The molecule has 0 saturated carbocycles. The van der Waals surface area contributed by atoms with Gasteiger partial charge in [0, 0.05) is 30.2 Å². The third kappa shape index (κ3) is 3.45. The zero-order chi connectivity index (χ0) is 14.8. The summed E-state index contributed by atoms with van der Waals surface area (Å²) in [4.78, 5) is 17.7. The fourth-order valence-corrected chi connectivity index (χ4v) is 3.25. The summed E-state index contributed by atoms with van der Waals surface area (Å²) < 4.78 is 0. The fraction of sp³-hybridized carbons (Fsp3) is 0.471. The van der Waals surface area contributed by atoms with Gasteiger partial charge in [0.2, 0.25) is 5.91 Å². The maximum atomic E-state index is 12.5. The summed E-state index contributed by atoms with van der Waals surface area (Å²) >= 11 is 0. The largest absolute Gasteiger partial charge is 0.361 e. The molecule has 1 amide bonds. The first kappa shape index (κ1) is 16.8. The van der Waals surface area contributed by atoms with Crippen molar-refractivity contribution in [3.8, 4) is 0 Å². The number of nitrogens with one attached hydrogen (secondary N) is 1. The third-order valence-corrected chi connectivity index (χ3v) is 4.40. The molecule has 2 atom stereocenters. The van der Waals surface area contributed by atoms with Gasteiger partial charge in [-0.3, -0.25) is 4.79 Å². The number of amides is 1. The number of fused-ring (bicyclic) bond motifs is 1. The molecule has 1 aliphatic rings. The molecule has 3 N–H and O–H groups in total. The molecule has 1 unspecified atom stereocenters. The normalized spacial score (nSPS) is 19.7. The van der Waals surface area contributed by atoms with Crippen molar-refractivity contribution >= 4 is 29.2 Å². The number of nitrogens with zero attached hydrogens (tertiary/aromatic N) is 1. The number of carbonyl (C=O) groups is 1. The Bertz CT molecular complexity index is 640. The highest BCUT2D eigenvalue weighted by atomic mass is 35.5. The highest BCUT2D eigenvalue weighted by Crippen LogP contribution is 2.20. The van der Waals surface area contributed by atoms with Gasteiger partial charge in [0.15, 0.2) is 0 Å². The van der Waals surface area contributed by atoms with Crippen LogP contribution in [-0.4, -0.2) is 34.9 Å². The Morgan fingerprint density at radius 3 is 3.00 bits per heavy atom. The van der Waals surface area contributed by atoms with Gasteiger partial charge < -0.3 is 15.6 Å². The molecule has 3 rings (SSSR count). The lowest BCUT2D eigenvalue weighted by Gasteiger charge is -2.32. The van der Waals surface area contributed by atoms with E-state index in [0.29, 0.717) is 12.3 Å². The molecule has 22 heavy (non-hydrogen) atoms. The van der Waals surface area contributed by atoms with Crippen molar-refractivity contribution < 1.29 is 4.79 Å². The zero-order valence-corrected chi connectivity index (χ0v) is 13.7. The minimum atomic E-state index is -0.450. The van der Waals surface area contributed by atoms with Crippen LogP contribution in [0.15, 0.2) is 30.5 Å². The number of benzene rings is 1. The average Bonchev–Trinajstić information content (AvgIpc) is 2.90. The number of piperidine rings is 1. The molecule has 120 valence electrons. The van der Waals surface area contributed by atoms with Gasteiger partial charge >= 0.3 is 0 Å². The second-order valence-electron chi connectivity index (χ2n) is 6.20. The highest BCUT2D eigenvalue weighted by molar-refractivity contribution is 5.86. The number of rotatable bonds is 3. The predicted octanol–water partition coefficient (Wildman–Crippen LogP) is 2.72. The first-order valence-corrected chi connectivity index (χ1v) is 7.74. The van der Waals surface area contributed by atoms with Gasteiger partial charge in [0.1, 0.15) is 0 Å². The van der Waals surface area contributed by atoms with E-state index in [1.807, 2.05) is 29.3 Å². The van der Waals surface area contributed by atoms with Crippen molar-refractivity contribution in [2.45, 2.75) is 32.2 Å². The van der Waals surface area contributed by atoms with E-state index >= 15 is 0 Å². The Labute approximate surface area is 137 Å². The summed E-state index contributed by atoms with van der Waals surface area (Å²) in [6.45, 7) is 3.90. The Morgan fingerprint density at radius 2 is 2.23 bits per heavy atom. The summed E-state index contributed by atoms with van der Waals surface area (Å²) in [6, 6.07) is 7.68. The second-order valence-corrected chi connectivity index (χ2v) is 6.20. The molecule has 1 saturated heterocycles. The van der Waals surface area contributed by atoms with Gasteiger partial charge in [-0.05, 0) is 36.8 Å².